The maximum Gasteiger partial charge on any atom is 0.351 e. The first-order valence-corrected chi connectivity index (χ1v) is 16.0. The van der Waals surface area contributed by atoms with Crippen LogP contribution in [0.25, 0.3) is 0 Å². The first-order chi connectivity index (χ1) is 17.4. The Balaban J connectivity index is 1.59. The monoisotopic (exact) mass is 522 g/mol. The van der Waals surface area contributed by atoms with E-state index in [0.29, 0.717) is 6.54 Å². The normalized spacial score (nSPS) is 29.4. The molecule has 3 fully saturated rings. The van der Waals surface area contributed by atoms with Crippen molar-refractivity contribution in [3.05, 3.63) is 71.8 Å². The Morgan fingerprint density at radius 3 is 2.11 bits per heavy atom. The van der Waals surface area contributed by atoms with Gasteiger partial charge in [0.25, 0.3) is 0 Å². The Bertz CT molecular complexity index is 1120. The average molecular weight is 523 g/mol. The fourth-order valence-electron chi connectivity index (χ4n) is 5.11. The van der Waals surface area contributed by atoms with E-state index in [9.17, 15) is 4.79 Å². The molecule has 0 radical (unpaired) electrons. The van der Waals surface area contributed by atoms with Crippen LogP contribution in [-0.4, -0.2) is 67.8 Å². The van der Waals surface area contributed by atoms with Crippen LogP contribution >= 0.6 is 0 Å². The summed E-state index contributed by atoms with van der Waals surface area (Å²) in [6.07, 6.45) is -1.02. The van der Waals surface area contributed by atoms with Crippen molar-refractivity contribution < 1.29 is 23.5 Å². The first kappa shape index (κ1) is 26.3. The van der Waals surface area contributed by atoms with Crippen LogP contribution in [0.3, 0.4) is 0 Å². The molecule has 0 aromatic heterocycles. The van der Waals surface area contributed by atoms with Gasteiger partial charge in [0.15, 0.2) is 20.1 Å². The van der Waals surface area contributed by atoms with Crippen LogP contribution in [0, 0.1) is 0 Å². The van der Waals surface area contributed by atoms with Gasteiger partial charge >= 0.3 is 5.97 Å². The molecule has 3 saturated heterocycles. The summed E-state index contributed by atoms with van der Waals surface area (Å²) in [5.41, 5.74) is 2.64. The molecule has 3 heterocycles. The number of hydrogen-bond donors (Lipinski definition) is 0. The number of fused-ring (bicyclic) bond motifs is 2. The van der Waals surface area contributed by atoms with E-state index in [-0.39, 0.29) is 23.2 Å². The predicted molar refractivity (Wildman–Crippen MR) is 145 cm³/mol. The second kappa shape index (κ2) is 9.43. The molecular weight excluding hydrogens is 484 g/mol. The third-order valence-electron chi connectivity index (χ3n) is 7.95. The molecule has 3 aliphatic heterocycles. The summed E-state index contributed by atoms with van der Waals surface area (Å²) in [4.78, 5) is 24.4. The minimum Gasteiger partial charge on any atom is -0.409 e. The second-order valence-electron chi connectivity index (χ2n) is 12.1. The van der Waals surface area contributed by atoms with E-state index in [1.54, 1.807) is 5.06 Å². The number of ether oxygens (including phenoxy) is 2. The number of rotatable bonds is 5. The number of hydroxylamine groups is 2. The van der Waals surface area contributed by atoms with E-state index in [0.717, 1.165) is 16.8 Å². The molecule has 0 spiro atoms. The van der Waals surface area contributed by atoms with Crippen LogP contribution in [-0.2, 0) is 23.5 Å². The van der Waals surface area contributed by atoms with Gasteiger partial charge in [-0.25, -0.2) is 4.79 Å². The molecule has 7 nitrogen and oxygen atoms in total. The topological polar surface area (TPSA) is 69.6 Å². The first-order valence-electron chi connectivity index (χ1n) is 13.1. The van der Waals surface area contributed by atoms with Gasteiger partial charge in [0.05, 0.1) is 18.4 Å². The molecule has 0 bridgehead atoms. The summed E-state index contributed by atoms with van der Waals surface area (Å²) in [7, 11) is -2.26. The molecule has 0 saturated carbocycles. The fourth-order valence-corrected chi connectivity index (χ4v) is 6.42. The summed E-state index contributed by atoms with van der Waals surface area (Å²) in [6.45, 7) is 15.3. The zero-order valence-corrected chi connectivity index (χ0v) is 23.8. The van der Waals surface area contributed by atoms with E-state index < -0.39 is 32.3 Å². The molecular formula is C29H38N2O5Si. The Labute approximate surface area is 220 Å². The summed E-state index contributed by atoms with van der Waals surface area (Å²) in [5, 5.41) is 1.70. The quantitative estimate of drug-likeness (QED) is 0.408. The highest BCUT2D eigenvalue weighted by Crippen LogP contribution is 2.45. The van der Waals surface area contributed by atoms with Crippen molar-refractivity contribution >= 4 is 20.0 Å². The molecule has 0 amide bonds. The van der Waals surface area contributed by atoms with Crippen LogP contribution in [0.2, 0.25) is 18.1 Å². The lowest BCUT2D eigenvalue weighted by Gasteiger charge is -2.46. The van der Waals surface area contributed by atoms with Crippen LogP contribution in [0.15, 0.2) is 65.7 Å². The van der Waals surface area contributed by atoms with Gasteiger partial charge < -0.3 is 18.7 Å². The highest BCUT2D eigenvalue weighted by molar-refractivity contribution is 6.74. The SMILES string of the molecule is CC1(C)O[C@@H]2[C@@H](O[Si](C)(C)C(C)(C)C)[C@@H]3[C@H](N=C(c4ccccc4)c4ccccc4)C(=O)ON3C[C@@H]2O1. The molecule has 37 heavy (non-hydrogen) atoms. The predicted octanol–water partition coefficient (Wildman–Crippen LogP) is 4.96. The highest BCUT2D eigenvalue weighted by Gasteiger charge is 2.62. The van der Waals surface area contributed by atoms with Crippen molar-refractivity contribution in [1.82, 2.24) is 5.06 Å². The van der Waals surface area contributed by atoms with Gasteiger partial charge in [-0.3, -0.25) is 4.99 Å². The smallest absolute Gasteiger partial charge is 0.351 e. The van der Waals surface area contributed by atoms with E-state index in [2.05, 4.69) is 33.9 Å². The number of benzene rings is 2. The van der Waals surface area contributed by atoms with Crippen molar-refractivity contribution in [1.29, 1.82) is 0 Å². The van der Waals surface area contributed by atoms with E-state index in [1.807, 2.05) is 74.5 Å². The molecule has 2 aromatic carbocycles. The lowest BCUT2D eigenvalue weighted by atomic mass is 9.91. The van der Waals surface area contributed by atoms with Gasteiger partial charge in [0.1, 0.15) is 18.2 Å². The van der Waals surface area contributed by atoms with Crippen molar-refractivity contribution in [2.75, 3.05) is 6.54 Å². The Kier molecular flexibility index (Phi) is 6.69. The molecule has 5 atom stereocenters. The molecule has 5 rings (SSSR count). The lowest BCUT2D eigenvalue weighted by molar-refractivity contribution is -0.204. The van der Waals surface area contributed by atoms with Gasteiger partial charge in [-0.2, -0.15) is 0 Å². The molecule has 198 valence electrons. The second-order valence-corrected chi connectivity index (χ2v) is 16.9. The van der Waals surface area contributed by atoms with Crippen LogP contribution in [0.1, 0.15) is 45.7 Å². The molecule has 0 N–H and O–H groups in total. The molecule has 0 aliphatic carbocycles. The number of aliphatic imine (C=N–C) groups is 1. The van der Waals surface area contributed by atoms with Crippen LogP contribution in [0.4, 0.5) is 0 Å². The minimum absolute atomic E-state index is 0.0266. The van der Waals surface area contributed by atoms with E-state index in [1.165, 1.54) is 0 Å². The summed E-state index contributed by atoms with van der Waals surface area (Å²) >= 11 is 0. The van der Waals surface area contributed by atoms with Gasteiger partial charge in [-0.1, -0.05) is 81.4 Å². The number of carbonyl (C=O) groups is 1. The molecule has 8 heteroatoms. The summed E-state index contributed by atoms with van der Waals surface area (Å²) < 4.78 is 19.7. The lowest BCUT2D eigenvalue weighted by Crippen LogP contribution is -2.64. The Morgan fingerprint density at radius 1 is 1.00 bits per heavy atom. The van der Waals surface area contributed by atoms with Gasteiger partial charge in [-0.15, -0.1) is 5.06 Å². The van der Waals surface area contributed by atoms with E-state index in [4.69, 9.17) is 23.7 Å². The maximum absolute atomic E-state index is 13.4. The average Bonchev–Trinajstić information content (AvgIpc) is 3.31. The highest BCUT2D eigenvalue weighted by atomic mass is 28.4. The third kappa shape index (κ3) is 5.05. The van der Waals surface area contributed by atoms with Crippen molar-refractivity contribution in [2.24, 2.45) is 4.99 Å². The van der Waals surface area contributed by atoms with Crippen molar-refractivity contribution in [2.45, 2.75) is 88.9 Å². The molecule has 0 unspecified atom stereocenters. The number of piperidine rings is 1. The number of carbonyl (C=O) groups excluding carboxylic acids is 1. The molecule has 2 aromatic rings. The van der Waals surface area contributed by atoms with Crippen LogP contribution in [0.5, 0.6) is 0 Å². The summed E-state index contributed by atoms with van der Waals surface area (Å²) in [6, 6.07) is 18.7. The third-order valence-corrected chi connectivity index (χ3v) is 12.4. The van der Waals surface area contributed by atoms with Crippen molar-refractivity contribution in [3.63, 3.8) is 0 Å². The number of nitrogens with zero attached hydrogens (tertiary/aromatic N) is 2. The van der Waals surface area contributed by atoms with Crippen molar-refractivity contribution in [3.8, 4) is 0 Å². The fraction of sp³-hybridized carbons (Fsp3) is 0.517. The van der Waals surface area contributed by atoms with Gasteiger partial charge in [0.2, 0.25) is 0 Å². The largest absolute Gasteiger partial charge is 0.409 e. The Hall–Kier alpha value is -2.36. The van der Waals surface area contributed by atoms with Gasteiger partial charge in [-0.05, 0) is 32.0 Å². The summed E-state index contributed by atoms with van der Waals surface area (Å²) in [5.74, 6) is -1.12. The zero-order valence-electron chi connectivity index (χ0n) is 22.8. The maximum atomic E-state index is 13.4. The Morgan fingerprint density at radius 2 is 1.57 bits per heavy atom. The standard InChI is InChI=1S/C29H38N2O5Si/c1-28(2,3)37(6,7)36-26-24-23(27(32)35-31(24)18-21-25(26)34-29(4,5)33-21)30-22(19-14-10-8-11-15-19)20-16-12-9-13-17-20/h8-17,21,23-26H,18H2,1-7H3/t21-,23-,24-,25-,26-/m0/s1. The number of hydrogen-bond acceptors (Lipinski definition) is 7. The zero-order chi connectivity index (χ0) is 26.6. The van der Waals surface area contributed by atoms with Gasteiger partial charge in [0, 0.05) is 11.1 Å². The minimum atomic E-state index is -2.26. The van der Waals surface area contributed by atoms with Crippen LogP contribution < -0.4 is 0 Å². The van der Waals surface area contributed by atoms with E-state index >= 15 is 0 Å². The molecule has 3 aliphatic rings.